The Morgan fingerprint density at radius 1 is 0.976 bits per heavy atom. The minimum absolute atomic E-state index is 0.0815. The number of nitro benzene ring substituents is 1. The summed E-state index contributed by atoms with van der Waals surface area (Å²) in [5.74, 6) is -0.571. The number of benzene rings is 4. The predicted molar refractivity (Wildman–Crippen MR) is 157 cm³/mol. The van der Waals surface area contributed by atoms with Gasteiger partial charge in [-0.3, -0.25) is 19.7 Å². The zero-order valence-corrected chi connectivity index (χ0v) is 23.3. The highest BCUT2D eigenvalue weighted by Crippen LogP contribution is 2.26. The molecule has 0 atom stereocenters. The molecular weight excluding hydrogens is 616 g/mol. The Kier molecular flexibility index (Phi) is 7.64. The number of non-ortho nitro benzene ring substituents is 1. The number of hydrogen-bond acceptors (Lipinski definition) is 8. The van der Waals surface area contributed by atoms with E-state index in [4.69, 9.17) is 4.18 Å². The minimum atomic E-state index is -4.33. The normalized spacial score (nSPS) is 11.6. The second kappa shape index (κ2) is 11.3. The number of para-hydroxylation sites is 2. The number of fused-ring (bicyclic) bond motifs is 2. The van der Waals surface area contributed by atoms with Crippen LogP contribution >= 0.6 is 15.9 Å². The van der Waals surface area contributed by atoms with Crippen molar-refractivity contribution in [1.29, 1.82) is 0 Å². The fraction of sp³-hybridized carbons (Fsp3) is 0.0357. The van der Waals surface area contributed by atoms with Crippen LogP contribution in [0.4, 0.5) is 5.69 Å². The van der Waals surface area contributed by atoms with Gasteiger partial charge in [0.25, 0.3) is 11.6 Å². The molecule has 5 aromatic rings. The molecule has 0 radical (unpaired) electrons. The Morgan fingerprint density at radius 2 is 1.59 bits per heavy atom. The minimum Gasteiger partial charge on any atom is -0.378 e. The number of hydrogen-bond donors (Lipinski definition) is 1. The molecule has 4 aromatic carbocycles. The van der Waals surface area contributed by atoms with Crippen LogP contribution in [0.1, 0.15) is 5.56 Å². The number of pyridine rings is 1. The lowest BCUT2D eigenvalue weighted by Crippen LogP contribution is -2.25. The van der Waals surface area contributed by atoms with E-state index in [-0.39, 0.29) is 33.9 Å². The lowest BCUT2D eigenvalue weighted by Gasteiger charge is -2.14. The molecule has 1 aromatic heterocycles. The highest BCUT2D eigenvalue weighted by molar-refractivity contribution is 9.10. The maximum absolute atomic E-state index is 12.9. The number of carbonyl (C=O) groups excluding carboxylic acids is 1. The quantitative estimate of drug-likeness (QED) is 0.0851. The average Bonchev–Trinajstić information content (AvgIpc) is 2.96. The Bertz CT molecular complexity index is 1960. The van der Waals surface area contributed by atoms with Crippen LogP contribution in [-0.2, 0) is 21.5 Å². The first-order valence-corrected chi connectivity index (χ1v) is 14.1. The SMILES string of the molecule is O=C(Cn1c2ccccc2c(=O)c2ccccc21)N/N=C\c1cc(Br)ccc1OS(=O)(=O)c1ccc([N+](=O)[O-])cc1. The van der Waals surface area contributed by atoms with Crippen LogP contribution in [0.2, 0.25) is 0 Å². The molecule has 0 aliphatic carbocycles. The van der Waals surface area contributed by atoms with Crippen LogP contribution in [0.5, 0.6) is 5.75 Å². The highest BCUT2D eigenvalue weighted by atomic mass is 79.9. The molecule has 0 spiro atoms. The van der Waals surface area contributed by atoms with Gasteiger partial charge in [-0.25, -0.2) is 5.43 Å². The zero-order chi connectivity index (χ0) is 29.1. The Morgan fingerprint density at radius 3 is 2.20 bits per heavy atom. The van der Waals surface area contributed by atoms with Crippen molar-refractivity contribution in [3.05, 3.63) is 121 Å². The number of amides is 1. The van der Waals surface area contributed by atoms with E-state index in [1.54, 1.807) is 65.2 Å². The summed E-state index contributed by atoms with van der Waals surface area (Å²) in [5.41, 5.74) is 3.45. The van der Waals surface area contributed by atoms with E-state index < -0.39 is 20.9 Å². The first kappa shape index (κ1) is 27.7. The van der Waals surface area contributed by atoms with Crippen molar-refractivity contribution in [1.82, 2.24) is 9.99 Å². The predicted octanol–water partition coefficient (Wildman–Crippen LogP) is 4.74. The van der Waals surface area contributed by atoms with Gasteiger partial charge in [-0.1, -0.05) is 40.2 Å². The molecule has 0 aliphatic rings. The third-order valence-corrected chi connectivity index (χ3v) is 7.82. The van der Waals surface area contributed by atoms with Crippen LogP contribution in [0.15, 0.2) is 110 Å². The van der Waals surface area contributed by atoms with E-state index in [1.807, 2.05) is 0 Å². The summed E-state index contributed by atoms with van der Waals surface area (Å²) in [4.78, 5) is 35.8. The summed E-state index contributed by atoms with van der Waals surface area (Å²) in [6.07, 6.45) is 1.23. The van der Waals surface area contributed by atoms with Gasteiger partial charge in [-0.05, 0) is 54.6 Å². The lowest BCUT2D eigenvalue weighted by atomic mass is 10.1. The molecule has 1 N–H and O–H groups in total. The number of nitrogens with zero attached hydrogens (tertiary/aromatic N) is 3. The summed E-state index contributed by atoms with van der Waals surface area (Å²) in [7, 11) is -4.33. The number of halogens is 1. The van der Waals surface area contributed by atoms with Crippen LogP contribution in [0, 0.1) is 10.1 Å². The zero-order valence-electron chi connectivity index (χ0n) is 20.9. The van der Waals surface area contributed by atoms with Crippen LogP contribution in [0.3, 0.4) is 0 Å². The smallest absolute Gasteiger partial charge is 0.339 e. The monoisotopic (exact) mass is 634 g/mol. The van der Waals surface area contributed by atoms with Crippen molar-refractivity contribution in [2.45, 2.75) is 11.4 Å². The molecule has 0 bridgehead atoms. The maximum atomic E-state index is 12.9. The largest absolute Gasteiger partial charge is 0.378 e. The van der Waals surface area contributed by atoms with E-state index in [2.05, 4.69) is 26.5 Å². The van der Waals surface area contributed by atoms with Crippen molar-refractivity contribution >= 4 is 65.7 Å². The lowest BCUT2D eigenvalue weighted by molar-refractivity contribution is -0.384. The van der Waals surface area contributed by atoms with Gasteiger partial charge in [0.05, 0.1) is 22.2 Å². The highest BCUT2D eigenvalue weighted by Gasteiger charge is 2.20. The average molecular weight is 635 g/mol. The molecule has 13 heteroatoms. The topological polar surface area (TPSA) is 150 Å². The molecule has 11 nitrogen and oxygen atoms in total. The van der Waals surface area contributed by atoms with Crippen molar-refractivity contribution in [2.75, 3.05) is 0 Å². The Balaban J connectivity index is 1.38. The fourth-order valence-corrected chi connectivity index (χ4v) is 5.53. The van der Waals surface area contributed by atoms with E-state index in [0.29, 0.717) is 26.3 Å². The molecule has 1 amide bonds. The second-order valence-electron chi connectivity index (χ2n) is 8.71. The van der Waals surface area contributed by atoms with E-state index in [9.17, 15) is 28.1 Å². The summed E-state index contributed by atoms with van der Waals surface area (Å²) in [6, 6.07) is 22.8. The fourth-order valence-electron chi connectivity index (χ4n) is 4.20. The van der Waals surface area contributed by atoms with Gasteiger partial charge in [-0.2, -0.15) is 13.5 Å². The van der Waals surface area contributed by atoms with Gasteiger partial charge in [0.1, 0.15) is 11.4 Å². The molecule has 0 aliphatic heterocycles. The summed E-state index contributed by atoms with van der Waals surface area (Å²) < 4.78 is 33.2. The molecule has 41 heavy (non-hydrogen) atoms. The first-order valence-electron chi connectivity index (χ1n) is 11.9. The van der Waals surface area contributed by atoms with Gasteiger partial charge in [0.15, 0.2) is 11.2 Å². The maximum Gasteiger partial charge on any atom is 0.339 e. The van der Waals surface area contributed by atoms with Crippen molar-refractivity contribution < 1.29 is 22.3 Å². The standard InChI is InChI=1S/C28H19BrN4O7S/c29-19-9-14-26(40-41(38,39)21-12-10-20(11-13-21)33(36)37)18(15-19)16-30-31-27(34)17-32-24-7-3-1-5-22(24)28(35)23-6-2-4-8-25(23)32/h1-16H,17H2,(H,31,34)/b30-16-. The van der Waals surface area contributed by atoms with Crippen LogP contribution in [-0.4, -0.2) is 30.0 Å². The first-order chi connectivity index (χ1) is 19.6. The van der Waals surface area contributed by atoms with Gasteiger partial charge in [-0.15, -0.1) is 0 Å². The van der Waals surface area contributed by atoms with Crippen LogP contribution in [0.25, 0.3) is 21.8 Å². The molecule has 0 fully saturated rings. The van der Waals surface area contributed by atoms with Gasteiger partial charge in [0, 0.05) is 32.9 Å². The number of nitro groups is 1. The molecule has 0 saturated carbocycles. The molecule has 0 unspecified atom stereocenters. The Hall–Kier alpha value is -4.88. The van der Waals surface area contributed by atoms with Gasteiger partial charge < -0.3 is 8.75 Å². The molecule has 1 heterocycles. The number of aromatic nitrogens is 1. The van der Waals surface area contributed by atoms with E-state index >= 15 is 0 Å². The van der Waals surface area contributed by atoms with Crippen molar-refractivity contribution in [3.63, 3.8) is 0 Å². The molecule has 206 valence electrons. The third-order valence-electron chi connectivity index (χ3n) is 6.08. The van der Waals surface area contributed by atoms with Gasteiger partial charge in [0.2, 0.25) is 0 Å². The number of hydrazone groups is 1. The molecule has 5 rings (SSSR count). The second-order valence-corrected chi connectivity index (χ2v) is 11.2. The number of rotatable bonds is 8. The number of carbonyl (C=O) groups is 1. The summed E-state index contributed by atoms with van der Waals surface area (Å²) >= 11 is 3.31. The summed E-state index contributed by atoms with van der Waals surface area (Å²) in [5, 5.41) is 15.8. The molecule has 0 saturated heterocycles. The summed E-state index contributed by atoms with van der Waals surface area (Å²) in [6.45, 7) is -0.144. The van der Waals surface area contributed by atoms with Gasteiger partial charge >= 0.3 is 10.1 Å². The van der Waals surface area contributed by atoms with E-state index in [0.717, 1.165) is 24.3 Å². The van der Waals surface area contributed by atoms with Crippen molar-refractivity contribution in [2.24, 2.45) is 5.10 Å². The molecular formula is C28H19BrN4O7S. The van der Waals surface area contributed by atoms with Crippen molar-refractivity contribution in [3.8, 4) is 5.75 Å². The Labute approximate surface area is 241 Å². The third kappa shape index (κ3) is 5.85. The van der Waals surface area contributed by atoms with Crippen LogP contribution < -0.4 is 15.0 Å². The van der Waals surface area contributed by atoms with E-state index in [1.165, 1.54) is 12.3 Å². The number of nitrogens with one attached hydrogen (secondary N) is 1.